The molecule has 1 atom stereocenters. The smallest absolute Gasteiger partial charge is 0.142 e. The third kappa shape index (κ3) is 2.65. The van der Waals surface area contributed by atoms with Gasteiger partial charge in [-0.15, -0.1) is 0 Å². The molecule has 0 saturated heterocycles. The largest absolute Gasteiger partial charge is 0.489 e. The summed E-state index contributed by atoms with van der Waals surface area (Å²) in [5, 5.41) is 0.125. The summed E-state index contributed by atoms with van der Waals surface area (Å²) in [5.74, 6) is 0.362. The third-order valence-corrected chi connectivity index (χ3v) is 3.93. The number of benzene rings is 2. The molecule has 2 aromatic carbocycles. The Kier molecular flexibility index (Phi) is 3.64. The van der Waals surface area contributed by atoms with Gasteiger partial charge in [-0.05, 0) is 53.8 Å². The second kappa shape index (κ2) is 5.43. The van der Waals surface area contributed by atoms with Gasteiger partial charge in [0, 0.05) is 6.04 Å². The van der Waals surface area contributed by atoms with Gasteiger partial charge in [0.1, 0.15) is 18.2 Å². The number of ether oxygens (including phenoxy) is 1. The number of fused-ring (bicyclic) bond motifs is 1. The quantitative estimate of drug-likeness (QED) is 0.927. The first-order chi connectivity index (χ1) is 9.63. The number of rotatable bonds is 3. The third-order valence-electron chi connectivity index (χ3n) is 3.63. The van der Waals surface area contributed by atoms with Crippen molar-refractivity contribution in [2.45, 2.75) is 25.5 Å². The molecule has 0 amide bonds. The number of nitrogens with two attached hydrogens (primary N) is 1. The van der Waals surface area contributed by atoms with Gasteiger partial charge in [-0.25, -0.2) is 4.39 Å². The van der Waals surface area contributed by atoms with Crippen LogP contribution in [0.5, 0.6) is 5.75 Å². The van der Waals surface area contributed by atoms with Gasteiger partial charge in [-0.2, -0.15) is 0 Å². The van der Waals surface area contributed by atoms with Crippen molar-refractivity contribution in [2.75, 3.05) is 0 Å². The van der Waals surface area contributed by atoms with Crippen molar-refractivity contribution in [3.8, 4) is 5.75 Å². The molecule has 0 aliphatic heterocycles. The summed E-state index contributed by atoms with van der Waals surface area (Å²) in [7, 11) is 0. The molecule has 0 unspecified atom stereocenters. The topological polar surface area (TPSA) is 35.2 Å². The van der Waals surface area contributed by atoms with Crippen molar-refractivity contribution in [3.05, 3.63) is 63.9 Å². The van der Waals surface area contributed by atoms with Crippen LogP contribution in [-0.2, 0) is 13.0 Å². The van der Waals surface area contributed by atoms with Crippen molar-refractivity contribution in [1.29, 1.82) is 0 Å². The first-order valence-corrected chi connectivity index (χ1v) is 6.96. The molecule has 2 N–H and O–H groups in total. The summed E-state index contributed by atoms with van der Waals surface area (Å²) < 4.78 is 19.0. The molecule has 0 bridgehead atoms. The minimum absolute atomic E-state index is 0.125. The first kappa shape index (κ1) is 13.4. The van der Waals surface area contributed by atoms with Crippen LogP contribution in [0.3, 0.4) is 0 Å². The molecule has 0 aromatic heterocycles. The zero-order valence-corrected chi connectivity index (χ0v) is 11.7. The lowest BCUT2D eigenvalue weighted by Crippen LogP contribution is -2.05. The standard InChI is InChI=1S/C16H15ClFNO/c17-14-5-1-10(7-15(14)18)9-20-12-3-4-13-11(8-12)2-6-16(13)19/h1,3-5,7-8,16H,2,6,9,19H2/t16-/m1/s1. The highest BCUT2D eigenvalue weighted by molar-refractivity contribution is 6.30. The highest BCUT2D eigenvalue weighted by Gasteiger charge is 2.19. The SMILES string of the molecule is N[C@@H]1CCc2cc(OCc3ccc(Cl)c(F)c3)ccc21. The van der Waals surface area contributed by atoms with E-state index in [0.29, 0.717) is 6.61 Å². The van der Waals surface area contributed by atoms with Gasteiger partial charge >= 0.3 is 0 Å². The van der Waals surface area contributed by atoms with E-state index in [0.717, 1.165) is 24.2 Å². The highest BCUT2D eigenvalue weighted by atomic mass is 35.5. The number of hydrogen-bond donors (Lipinski definition) is 1. The van der Waals surface area contributed by atoms with Crippen molar-refractivity contribution < 1.29 is 9.13 Å². The van der Waals surface area contributed by atoms with E-state index in [2.05, 4.69) is 0 Å². The average Bonchev–Trinajstić information content (AvgIpc) is 2.81. The van der Waals surface area contributed by atoms with Gasteiger partial charge in [0.2, 0.25) is 0 Å². The van der Waals surface area contributed by atoms with E-state index < -0.39 is 5.82 Å². The van der Waals surface area contributed by atoms with Crippen molar-refractivity contribution >= 4 is 11.6 Å². The Morgan fingerprint density at radius 2 is 2.10 bits per heavy atom. The Morgan fingerprint density at radius 1 is 1.25 bits per heavy atom. The van der Waals surface area contributed by atoms with Crippen molar-refractivity contribution in [3.63, 3.8) is 0 Å². The zero-order chi connectivity index (χ0) is 14.1. The fourth-order valence-electron chi connectivity index (χ4n) is 2.51. The normalized spacial score (nSPS) is 17.1. The summed E-state index contributed by atoms with van der Waals surface area (Å²) in [4.78, 5) is 0. The Morgan fingerprint density at radius 3 is 2.90 bits per heavy atom. The number of hydrogen-bond acceptors (Lipinski definition) is 2. The van der Waals surface area contributed by atoms with E-state index in [1.54, 1.807) is 6.07 Å². The second-order valence-corrected chi connectivity index (χ2v) is 5.45. The minimum Gasteiger partial charge on any atom is -0.489 e. The molecule has 0 heterocycles. The lowest BCUT2D eigenvalue weighted by Gasteiger charge is -2.09. The maximum atomic E-state index is 13.3. The van der Waals surface area contributed by atoms with Crippen molar-refractivity contribution in [2.24, 2.45) is 5.73 Å². The molecule has 3 rings (SSSR count). The molecular formula is C16H15ClFNO. The van der Waals surface area contributed by atoms with Gasteiger partial charge in [0.15, 0.2) is 0 Å². The molecule has 0 saturated carbocycles. The predicted octanol–water partition coefficient (Wildman–Crippen LogP) is 4.00. The predicted molar refractivity (Wildman–Crippen MR) is 77.4 cm³/mol. The van der Waals surface area contributed by atoms with Crippen LogP contribution in [0.15, 0.2) is 36.4 Å². The zero-order valence-electron chi connectivity index (χ0n) is 10.9. The summed E-state index contributed by atoms with van der Waals surface area (Å²) in [6.07, 6.45) is 1.98. The Labute approximate surface area is 122 Å². The van der Waals surface area contributed by atoms with Gasteiger partial charge in [-0.1, -0.05) is 23.7 Å². The van der Waals surface area contributed by atoms with Crippen LogP contribution in [-0.4, -0.2) is 0 Å². The van der Waals surface area contributed by atoms with Gasteiger partial charge in [0.05, 0.1) is 5.02 Å². The molecule has 104 valence electrons. The van der Waals surface area contributed by atoms with Crippen LogP contribution in [0.1, 0.15) is 29.2 Å². The molecule has 1 aliphatic rings. The molecular weight excluding hydrogens is 277 g/mol. The van der Waals surface area contributed by atoms with E-state index in [1.807, 2.05) is 18.2 Å². The van der Waals surface area contributed by atoms with Crippen LogP contribution >= 0.6 is 11.6 Å². The Balaban J connectivity index is 1.71. The van der Waals surface area contributed by atoms with E-state index >= 15 is 0 Å². The molecule has 0 spiro atoms. The Bertz CT molecular complexity index is 644. The average molecular weight is 292 g/mol. The van der Waals surface area contributed by atoms with Crippen LogP contribution in [0.2, 0.25) is 5.02 Å². The molecule has 1 aliphatic carbocycles. The number of halogens is 2. The maximum absolute atomic E-state index is 13.3. The van der Waals surface area contributed by atoms with E-state index in [9.17, 15) is 4.39 Å². The number of aryl methyl sites for hydroxylation is 1. The molecule has 0 radical (unpaired) electrons. The van der Waals surface area contributed by atoms with Crippen LogP contribution in [0, 0.1) is 5.82 Å². The van der Waals surface area contributed by atoms with E-state index in [1.165, 1.54) is 23.3 Å². The van der Waals surface area contributed by atoms with Crippen molar-refractivity contribution in [1.82, 2.24) is 0 Å². The first-order valence-electron chi connectivity index (χ1n) is 6.58. The van der Waals surface area contributed by atoms with Gasteiger partial charge < -0.3 is 10.5 Å². The van der Waals surface area contributed by atoms with Crippen LogP contribution in [0.25, 0.3) is 0 Å². The molecule has 4 heteroatoms. The lowest BCUT2D eigenvalue weighted by atomic mass is 10.1. The maximum Gasteiger partial charge on any atom is 0.142 e. The van der Waals surface area contributed by atoms with E-state index in [4.69, 9.17) is 22.1 Å². The van der Waals surface area contributed by atoms with Gasteiger partial charge in [-0.3, -0.25) is 0 Å². The summed E-state index contributed by atoms with van der Waals surface area (Å²) in [6.45, 7) is 0.318. The summed E-state index contributed by atoms with van der Waals surface area (Å²) in [5.41, 5.74) is 9.20. The van der Waals surface area contributed by atoms with Gasteiger partial charge in [0.25, 0.3) is 0 Å². The molecule has 0 fully saturated rings. The molecule has 2 aromatic rings. The van der Waals surface area contributed by atoms with Crippen LogP contribution < -0.4 is 10.5 Å². The molecule has 20 heavy (non-hydrogen) atoms. The fourth-order valence-corrected chi connectivity index (χ4v) is 2.63. The lowest BCUT2D eigenvalue weighted by molar-refractivity contribution is 0.305. The summed E-state index contributed by atoms with van der Waals surface area (Å²) in [6, 6.07) is 10.8. The van der Waals surface area contributed by atoms with E-state index in [-0.39, 0.29) is 11.1 Å². The monoisotopic (exact) mass is 291 g/mol. The van der Waals surface area contributed by atoms with Crippen LogP contribution in [0.4, 0.5) is 4.39 Å². The summed E-state index contributed by atoms with van der Waals surface area (Å²) >= 11 is 5.65. The highest BCUT2D eigenvalue weighted by Crippen LogP contribution is 2.32. The minimum atomic E-state index is -0.423. The Hall–Kier alpha value is -1.58. The second-order valence-electron chi connectivity index (χ2n) is 5.04. The fraction of sp³-hybridized carbons (Fsp3) is 0.250. The molecule has 2 nitrogen and oxygen atoms in total.